The molecule has 4 heteroatoms. The maximum absolute atomic E-state index is 4.77. The fourth-order valence-corrected chi connectivity index (χ4v) is 3.63. The molecule has 0 atom stereocenters. The number of hydrogen-bond acceptors (Lipinski definition) is 2. The maximum atomic E-state index is 4.77. The Hall–Kier alpha value is -1.78. The van der Waals surface area contributed by atoms with Gasteiger partial charge in [0.15, 0.2) is 0 Å². The zero-order valence-corrected chi connectivity index (χ0v) is 15.3. The van der Waals surface area contributed by atoms with Gasteiger partial charge in [-0.15, -0.1) is 0 Å². The van der Waals surface area contributed by atoms with Crippen molar-refractivity contribution in [2.45, 2.75) is 6.42 Å². The number of pyridine rings is 2. The zero-order chi connectivity index (χ0) is 15.8. The van der Waals surface area contributed by atoms with E-state index < -0.39 is 0 Å². The second-order valence-electron chi connectivity index (χ2n) is 5.41. The monoisotopic (exact) mass is 426 g/mol. The average Bonchev–Trinajstić information content (AvgIpc) is 2.56. The van der Waals surface area contributed by atoms with Crippen molar-refractivity contribution < 1.29 is 0 Å². The van der Waals surface area contributed by atoms with Crippen LogP contribution in [-0.2, 0) is 6.42 Å². The van der Waals surface area contributed by atoms with Crippen LogP contribution in [0.15, 0.2) is 69.6 Å². The van der Waals surface area contributed by atoms with E-state index in [1.807, 2.05) is 24.3 Å². The summed E-state index contributed by atoms with van der Waals surface area (Å²) in [6, 6.07) is 20.6. The van der Waals surface area contributed by atoms with E-state index in [0.29, 0.717) is 6.42 Å². The minimum absolute atomic E-state index is 0.717. The van der Waals surface area contributed by atoms with Gasteiger partial charge in [-0.25, -0.2) is 0 Å². The number of aromatic nitrogens is 2. The van der Waals surface area contributed by atoms with Gasteiger partial charge in [-0.3, -0.25) is 9.97 Å². The van der Waals surface area contributed by atoms with Gasteiger partial charge in [-0.1, -0.05) is 36.4 Å². The van der Waals surface area contributed by atoms with Crippen LogP contribution < -0.4 is 0 Å². The standard InChI is InChI=1S/C19H12Br2N2/c20-16-5-1-3-12-7-9-14(22-18(12)16)11-15-10-8-13-4-2-6-17(21)19(13)23-15/h1-10H,11H2. The van der Waals surface area contributed by atoms with Gasteiger partial charge in [-0.2, -0.15) is 0 Å². The second kappa shape index (κ2) is 6.02. The number of nitrogens with zero attached hydrogens (tertiary/aromatic N) is 2. The summed E-state index contributed by atoms with van der Waals surface area (Å²) < 4.78 is 2.04. The Kier molecular flexibility index (Phi) is 3.87. The van der Waals surface area contributed by atoms with E-state index >= 15 is 0 Å². The van der Waals surface area contributed by atoms with Gasteiger partial charge in [0.2, 0.25) is 0 Å². The summed E-state index contributed by atoms with van der Waals surface area (Å²) in [5.74, 6) is 0. The third-order valence-electron chi connectivity index (χ3n) is 3.82. The minimum Gasteiger partial charge on any atom is -0.251 e. The van der Waals surface area contributed by atoms with Crippen LogP contribution >= 0.6 is 31.9 Å². The first-order chi connectivity index (χ1) is 11.2. The molecule has 2 aromatic heterocycles. The predicted molar refractivity (Wildman–Crippen MR) is 102 cm³/mol. The minimum atomic E-state index is 0.717. The Bertz CT molecular complexity index is 945. The highest BCUT2D eigenvalue weighted by Gasteiger charge is 2.06. The maximum Gasteiger partial charge on any atom is 0.0847 e. The van der Waals surface area contributed by atoms with Gasteiger partial charge in [0.05, 0.1) is 11.0 Å². The Morgan fingerprint density at radius 3 is 1.57 bits per heavy atom. The number of benzene rings is 2. The lowest BCUT2D eigenvalue weighted by Gasteiger charge is -2.06. The molecule has 0 amide bonds. The quantitative estimate of drug-likeness (QED) is 0.398. The highest BCUT2D eigenvalue weighted by Crippen LogP contribution is 2.24. The smallest absolute Gasteiger partial charge is 0.0847 e. The van der Waals surface area contributed by atoms with Crippen molar-refractivity contribution in [3.8, 4) is 0 Å². The average molecular weight is 428 g/mol. The molecule has 2 heterocycles. The lowest BCUT2D eigenvalue weighted by Crippen LogP contribution is -1.96. The molecule has 0 spiro atoms. The zero-order valence-electron chi connectivity index (χ0n) is 12.1. The van der Waals surface area contributed by atoms with Gasteiger partial charge in [0.25, 0.3) is 0 Å². The lowest BCUT2D eigenvalue weighted by atomic mass is 10.1. The molecule has 0 bridgehead atoms. The summed E-state index contributed by atoms with van der Waals surface area (Å²) in [6.07, 6.45) is 0.717. The number of halogens is 2. The van der Waals surface area contributed by atoms with Gasteiger partial charge >= 0.3 is 0 Å². The van der Waals surface area contributed by atoms with Crippen LogP contribution in [0.3, 0.4) is 0 Å². The van der Waals surface area contributed by atoms with Gasteiger partial charge in [0.1, 0.15) is 0 Å². The molecule has 2 nitrogen and oxygen atoms in total. The summed E-state index contributed by atoms with van der Waals surface area (Å²) in [5, 5.41) is 2.27. The normalized spacial score (nSPS) is 11.2. The molecule has 0 unspecified atom stereocenters. The predicted octanol–water partition coefficient (Wildman–Crippen LogP) is 5.90. The van der Waals surface area contributed by atoms with Crippen molar-refractivity contribution in [1.82, 2.24) is 9.97 Å². The summed E-state index contributed by atoms with van der Waals surface area (Å²) in [7, 11) is 0. The van der Waals surface area contributed by atoms with E-state index in [1.54, 1.807) is 0 Å². The first-order valence-electron chi connectivity index (χ1n) is 7.29. The Morgan fingerprint density at radius 2 is 1.09 bits per heavy atom. The molecular formula is C19H12Br2N2. The van der Waals surface area contributed by atoms with Crippen LogP contribution in [0, 0.1) is 0 Å². The summed E-state index contributed by atoms with van der Waals surface area (Å²) >= 11 is 7.15. The SMILES string of the molecule is Brc1cccc2ccc(Cc3ccc4cccc(Br)c4n3)nc12. The van der Waals surface area contributed by atoms with E-state index in [2.05, 4.69) is 68.3 Å². The third kappa shape index (κ3) is 2.89. The van der Waals surface area contributed by atoms with E-state index in [4.69, 9.17) is 9.97 Å². The molecule has 4 aromatic rings. The molecule has 0 aliphatic carbocycles. The molecule has 23 heavy (non-hydrogen) atoms. The van der Waals surface area contributed by atoms with E-state index in [0.717, 1.165) is 42.1 Å². The molecule has 0 N–H and O–H groups in total. The van der Waals surface area contributed by atoms with Crippen LogP contribution in [0.25, 0.3) is 21.8 Å². The molecule has 0 radical (unpaired) electrons. The van der Waals surface area contributed by atoms with E-state index in [-0.39, 0.29) is 0 Å². The van der Waals surface area contributed by atoms with Crippen LogP contribution in [-0.4, -0.2) is 9.97 Å². The Labute approximate surface area is 150 Å². The Morgan fingerprint density at radius 1 is 0.609 bits per heavy atom. The molecule has 4 rings (SSSR count). The summed E-state index contributed by atoms with van der Waals surface area (Å²) in [5.41, 5.74) is 4.02. The largest absolute Gasteiger partial charge is 0.251 e. The van der Waals surface area contributed by atoms with Gasteiger partial charge in [0, 0.05) is 37.5 Å². The van der Waals surface area contributed by atoms with Crippen molar-refractivity contribution in [3.05, 3.63) is 81.0 Å². The van der Waals surface area contributed by atoms with Crippen LogP contribution in [0.4, 0.5) is 0 Å². The third-order valence-corrected chi connectivity index (χ3v) is 5.10. The second-order valence-corrected chi connectivity index (χ2v) is 7.11. The van der Waals surface area contributed by atoms with Gasteiger partial charge < -0.3 is 0 Å². The highest BCUT2D eigenvalue weighted by molar-refractivity contribution is 9.11. The molecule has 0 saturated heterocycles. The van der Waals surface area contributed by atoms with Crippen molar-refractivity contribution >= 4 is 53.7 Å². The van der Waals surface area contributed by atoms with E-state index in [9.17, 15) is 0 Å². The number of rotatable bonds is 2. The molecule has 0 aliphatic heterocycles. The molecule has 2 aromatic carbocycles. The van der Waals surface area contributed by atoms with Crippen molar-refractivity contribution in [3.63, 3.8) is 0 Å². The molecular weight excluding hydrogens is 416 g/mol. The molecule has 0 fully saturated rings. The topological polar surface area (TPSA) is 25.8 Å². The van der Waals surface area contributed by atoms with Crippen LogP contribution in [0.2, 0.25) is 0 Å². The number of fused-ring (bicyclic) bond motifs is 2. The number of hydrogen-bond donors (Lipinski definition) is 0. The van der Waals surface area contributed by atoms with Crippen molar-refractivity contribution in [2.75, 3.05) is 0 Å². The van der Waals surface area contributed by atoms with Crippen LogP contribution in [0.5, 0.6) is 0 Å². The number of para-hydroxylation sites is 2. The summed E-state index contributed by atoms with van der Waals surface area (Å²) in [6.45, 7) is 0. The van der Waals surface area contributed by atoms with E-state index in [1.165, 1.54) is 0 Å². The Balaban J connectivity index is 1.75. The van der Waals surface area contributed by atoms with Crippen molar-refractivity contribution in [1.29, 1.82) is 0 Å². The van der Waals surface area contributed by atoms with Gasteiger partial charge in [-0.05, 0) is 56.1 Å². The first-order valence-corrected chi connectivity index (χ1v) is 8.87. The molecule has 112 valence electrons. The molecule has 0 aliphatic rings. The summed E-state index contributed by atoms with van der Waals surface area (Å²) in [4.78, 5) is 9.55. The fourth-order valence-electron chi connectivity index (χ4n) is 2.69. The first kappa shape index (κ1) is 14.8. The van der Waals surface area contributed by atoms with Crippen LogP contribution in [0.1, 0.15) is 11.4 Å². The lowest BCUT2D eigenvalue weighted by molar-refractivity contribution is 1.04. The molecule has 0 saturated carbocycles. The highest BCUT2D eigenvalue weighted by atomic mass is 79.9. The van der Waals surface area contributed by atoms with Crippen molar-refractivity contribution in [2.24, 2.45) is 0 Å². The fraction of sp³-hybridized carbons (Fsp3) is 0.0526.